The molecule has 1 fully saturated rings. The van der Waals surface area contributed by atoms with Gasteiger partial charge in [0.1, 0.15) is 6.54 Å². The van der Waals surface area contributed by atoms with Crippen molar-refractivity contribution < 1.29 is 14.4 Å². The fourth-order valence-electron chi connectivity index (χ4n) is 3.98. The van der Waals surface area contributed by atoms with E-state index in [2.05, 4.69) is 5.32 Å². The van der Waals surface area contributed by atoms with E-state index in [0.717, 1.165) is 43.4 Å². The Labute approximate surface area is 185 Å². The van der Waals surface area contributed by atoms with Crippen LogP contribution in [0.25, 0.3) is 10.9 Å². The summed E-state index contributed by atoms with van der Waals surface area (Å²) in [4.78, 5) is 40.3. The summed E-state index contributed by atoms with van der Waals surface area (Å²) >= 11 is 6.02. The number of hydrogen-bond donors (Lipinski definition) is 1. The summed E-state index contributed by atoms with van der Waals surface area (Å²) in [5, 5.41) is 3.78. The fraction of sp³-hybridized carbons (Fsp3) is 0.292. The molecule has 0 atom stereocenters. The molecule has 1 aromatic heterocycles. The predicted molar refractivity (Wildman–Crippen MR) is 122 cm³/mol. The molecule has 3 aromatic rings. The average Bonchev–Trinajstić information content (AvgIpc) is 3.14. The average molecular weight is 438 g/mol. The van der Waals surface area contributed by atoms with Crippen LogP contribution in [0.4, 0.5) is 5.69 Å². The molecule has 4 rings (SSSR count). The zero-order valence-corrected chi connectivity index (χ0v) is 18.1. The Balaban J connectivity index is 1.60. The largest absolute Gasteiger partial charge is 0.341 e. The number of aryl methyl sites for hydroxylation is 1. The number of para-hydroxylation sites is 1. The number of nitrogens with one attached hydrogen (secondary N) is 1. The van der Waals surface area contributed by atoms with Gasteiger partial charge in [0, 0.05) is 40.9 Å². The van der Waals surface area contributed by atoms with Crippen molar-refractivity contribution >= 4 is 45.8 Å². The van der Waals surface area contributed by atoms with E-state index in [-0.39, 0.29) is 18.0 Å². The third-order valence-corrected chi connectivity index (χ3v) is 5.94. The number of amides is 2. The molecule has 0 saturated carbocycles. The van der Waals surface area contributed by atoms with Gasteiger partial charge in [0.2, 0.25) is 5.91 Å². The molecule has 1 N–H and O–H groups in total. The third-order valence-electron chi connectivity index (χ3n) is 5.70. The van der Waals surface area contributed by atoms with Crippen LogP contribution in [0, 0.1) is 6.92 Å². The highest BCUT2D eigenvalue weighted by molar-refractivity contribution is 6.48. The number of aromatic nitrogens is 1. The molecule has 1 saturated heterocycles. The Hall–Kier alpha value is -3.12. The van der Waals surface area contributed by atoms with E-state index in [9.17, 15) is 14.4 Å². The smallest absolute Gasteiger partial charge is 0.296 e. The van der Waals surface area contributed by atoms with E-state index in [4.69, 9.17) is 11.6 Å². The van der Waals surface area contributed by atoms with Gasteiger partial charge in [-0.25, -0.2) is 0 Å². The van der Waals surface area contributed by atoms with Gasteiger partial charge in [0.25, 0.3) is 11.7 Å². The molecule has 160 valence electrons. The maximum absolute atomic E-state index is 13.0. The van der Waals surface area contributed by atoms with Crippen LogP contribution >= 0.6 is 11.6 Å². The van der Waals surface area contributed by atoms with Gasteiger partial charge in [0.15, 0.2) is 0 Å². The van der Waals surface area contributed by atoms with Crippen LogP contribution in [-0.4, -0.2) is 40.2 Å². The Morgan fingerprint density at radius 2 is 1.77 bits per heavy atom. The molecule has 1 aliphatic rings. The van der Waals surface area contributed by atoms with Crippen LogP contribution in [0.2, 0.25) is 5.02 Å². The zero-order valence-electron chi connectivity index (χ0n) is 17.4. The number of ketones is 1. The Morgan fingerprint density at radius 1 is 1.03 bits per heavy atom. The number of carbonyl (C=O) groups excluding carboxylic acids is 3. The van der Waals surface area contributed by atoms with Gasteiger partial charge in [-0.05, 0) is 49.9 Å². The van der Waals surface area contributed by atoms with Crippen molar-refractivity contribution in [3.63, 3.8) is 0 Å². The van der Waals surface area contributed by atoms with Gasteiger partial charge in [-0.3, -0.25) is 14.4 Å². The summed E-state index contributed by atoms with van der Waals surface area (Å²) in [6.07, 6.45) is 4.80. The first kappa shape index (κ1) is 21.1. The predicted octanol–water partition coefficient (Wildman–Crippen LogP) is 4.44. The molecule has 0 spiro atoms. The van der Waals surface area contributed by atoms with Gasteiger partial charge in [-0.2, -0.15) is 0 Å². The minimum atomic E-state index is -0.740. The van der Waals surface area contributed by atoms with E-state index in [1.54, 1.807) is 35.0 Å². The first-order valence-corrected chi connectivity index (χ1v) is 10.8. The number of halogens is 1. The molecule has 0 aliphatic carbocycles. The van der Waals surface area contributed by atoms with Crippen LogP contribution in [0.3, 0.4) is 0 Å². The maximum Gasteiger partial charge on any atom is 0.296 e. The Bertz CT molecular complexity index is 1160. The molecular weight excluding hydrogens is 414 g/mol. The second kappa shape index (κ2) is 8.94. The van der Waals surface area contributed by atoms with Gasteiger partial charge < -0.3 is 14.8 Å². The molecule has 1 aliphatic heterocycles. The van der Waals surface area contributed by atoms with Crippen molar-refractivity contribution in [2.45, 2.75) is 32.7 Å². The van der Waals surface area contributed by atoms with Gasteiger partial charge in [-0.1, -0.05) is 35.9 Å². The Morgan fingerprint density at radius 3 is 2.55 bits per heavy atom. The van der Waals surface area contributed by atoms with E-state index < -0.39 is 11.7 Å². The van der Waals surface area contributed by atoms with E-state index >= 15 is 0 Å². The highest BCUT2D eigenvalue weighted by Crippen LogP contribution is 2.24. The van der Waals surface area contributed by atoms with Crippen LogP contribution in [-0.2, 0) is 16.1 Å². The Kier molecular flexibility index (Phi) is 6.09. The van der Waals surface area contributed by atoms with Crippen LogP contribution in [0.1, 0.15) is 35.2 Å². The topological polar surface area (TPSA) is 71.4 Å². The lowest BCUT2D eigenvalue weighted by atomic mass is 10.1. The number of benzene rings is 2. The lowest BCUT2D eigenvalue weighted by Gasteiger charge is -2.27. The number of likely N-dealkylation sites (tertiary alicyclic amines) is 1. The first-order chi connectivity index (χ1) is 14.9. The lowest BCUT2D eigenvalue weighted by molar-refractivity contribution is -0.132. The number of Topliss-reactive ketones (excluding diaryl/α,β-unsaturated/α-hetero) is 1. The summed E-state index contributed by atoms with van der Waals surface area (Å²) in [6, 6.07) is 12.4. The van der Waals surface area contributed by atoms with Gasteiger partial charge >= 0.3 is 0 Å². The normalized spacial score (nSPS) is 13.9. The van der Waals surface area contributed by atoms with E-state index in [1.807, 2.05) is 30.0 Å². The number of nitrogens with zero attached hydrogens (tertiary/aromatic N) is 2. The molecule has 7 heteroatoms. The summed E-state index contributed by atoms with van der Waals surface area (Å²) in [7, 11) is 0. The third kappa shape index (κ3) is 4.49. The van der Waals surface area contributed by atoms with Gasteiger partial charge in [0.05, 0.1) is 5.56 Å². The van der Waals surface area contributed by atoms with Crippen molar-refractivity contribution in [2.24, 2.45) is 0 Å². The molecule has 0 radical (unpaired) electrons. The molecular formula is C24H24ClN3O3. The number of rotatable bonds is 5. The zero-order chi connectivity index (χ0) is 22.0. The summed E-state index contributed by atoms with van der Waals surface area (Å²) in [6.45, 7) is 3.51. The molecule has 2 amide bonds. The molecule has 0 unspecified atom stereocenters. The summed E-state index contributed by atoms with van der Waals surface area (Å²) in [5.74, 6) is -1.37. The lowest BCUT2D eigenvalue weighted by Crippen LogP contribution is -2.37. The summed E-state index contributed by atoms with van der Waals surface area (Å²) < 4.78 is 1.76. The van der Waals surface area contributed by atoms with Crippen molar-refractivity contribution in [2.75, 3.05) is 18.4 Å². The number of piperidine rings is 1. The summed E-state index contributed by atoms with van der Waals surface area (Å²) in [5.41, 5.74) is 2.33. The minimum Gasteiger partial charge on any atom is -0.341 e. The number of hydrogen-bond acceptors (Lipinski definition) is 3. The highest BCUT2D eigenvalue weighted by Gasteiger charge is 2.24. The SMILES string of the molecule is Cc1ccc(Cl)cc1NC(=O)C(=O)c1cn(CC(=O)N2CCCCC2)c2ccccc12. The van der Waals surface area contributed by atoms with E-state index in [0.29, 0.717) is 16.1 Å². The second-order valence-corrected chi connectivity index (χ2v) is 8.31. The van der Waals surface area contributed by atoms with Crippen LogP contribution < -0.4 is 5.32 Å². The molecule has 2 heterocycles. The number of fused-ring (bicyclic) bond motifs is 1. The van der Waals surface area contributed by atoms with Crippen LogP contribution in [0.5, 0.6) is 0 Å². The highest BCUT2D eigenvalue weighted by atomic mass is 35.5. The van der Waals surface area contributed by atoms with Crippen molar-refractivity contribution in [1.82, 2.24) is 9.47 Å². The van der Waals surface area contributed by atoms with E-state index in [1.165, 1.54) is 0 Å². The quantitative estimate of drug-likeness (QED) is 0.474. The second-order valence-electron chi connectivity index (χ2n) is 7.87. The standard InChI is InChI=1S/C24H24ClN3O3/c1-16-9-10-17(25)13-20(16)26-24(31)23(30)19-14-28(21-8-4-3-7-18(19)21)15-22(29)27-11-5-2-6-12-27/h3-4,7-10,13-14H,2,5-6,11-12,15H2,1H3,(H,26,31). The number of carbonyl (C=O) groups is 3. The molecule has 0 bridgehead atoms. The maximum atomic E-state index is 13.0. The van der Waals surface area contributed by atoms with Crippen molar-refractivity contribution in [3.05, 3.63) is 64.8 Å². The molecule has 6 nitrogen and oxygen atoms in total. The van der Waals surface area contributed by atoms with Crippen molar-refractivity contribution in [1.29, 1.82) is 0 Å². The molecule has 31 heavy (non-hydrogen) atoms. The minimum absolute atomic E-state index is 0.0263. The fourth-order valence-corrected chi connectivity index (χ4v) is 4.15. The van der Waals surface area contributed by atoms with Crippen LogP contribution in [0.15, 0.2) is 48.7 Å². The van der Waals surface area contributed by atoms with Gasteiger partial charge in [-0.15, -0.1) is 0 Å². The monoisotopic (exact) mass is 437 g/mol. The van der Waals surface area contributed by atoms with Crippen molar-refractivity contribution in [3.8, 4) is 0 Å². The number of anilines is 1. The molecule has 2 aromatic carbocycles. The first-order valence-electron chi connectivity index (χ1n) is 10.4.